The summed E-state index contributed by atoms with van der Waals surface area (Å²) >= 11 is 3.43. The van der Waals surface area contributed by atoms with Crippen LogP contribution < -0.4 is 0 Å². The molecular formula is C12H15BrN2O. The molecule has 0 aliphatic carbocycles. The molecule has 0 N–H and O–H groups in total. The Balaban J connectivity index is 2.03. The lowest BCUT2D eigenvalue weighted by atomic mass is 10.2. The van der Waals surface area contributed by atoms with Gasteiger partial charge in [0.25, 0.3) is 0 Å². The van der Waals surface area contributed by atoms with Crippen LogP contribution in [0.3, 0.4) is 0 Å². The van der Waals surface area contributed by atoms with Gasteiger partial charge in [-0.05, 0) is 30.5 Å². The molecule has 1 atom stereocenters. The van der Waals surface area contributed by atoms with E-state index in [1.54, 1.807) is 6.20 Å². The van der Waals surface area contributed by atoms with E-state index in [0.29, 0.717) is 18.9 Å². The van der Waals surface area contributed by atoms with E-state index in [1.165, 1.54) is 5.56 Å². The SMILES string of the molecule is Cc1ccnc(CN2CC(CBr)CC2=O)c1. The number of nitrogens with zero attached hydrogens (tertiary/aromatic N) is 2. The van der Waals surface area contributed by atoms with Gasteiger partial charge in [-0.2, -0.15) is 0 Å². The van der Waals surface area contributed by atoms with Gasteiger partial charge in [-0.25, -0.2) is 0 Å². The van der Waals surface area contributed by atoms with Crippen LogP contribution in [0.4, 0.5) is 0 Å². The summed E-state index contributed by atoms with van der Waals surface area (Å²) < 4.78 is 0. The van der Waals surface area contributed by atoms with Crippen LogP contribution in [-0.2, 0) is 11.3 Å². The highest BCUT2D eigenvalue weighted by Gasteiger charge is 2.28. The van der Waals surface area contributed by atoms with E-state index in [2.05, 4.69) is 20.9 Å². The topological polar surface area (TPSA) is 33.2 Å². The standard InChI is InChI=1S/C12H15BrN2O/c1-9-2-3-14-11(4-9)8-15-7-10(6-13)5-12(15)16/h2-4,10H,5-8H2,1H3. The molecule has 4 heteroatoms. The van der Waals surface area contributed by atoms with Crippen LogP contribution in [0.5, 0.6) is 0 Å². The third-order valence-corrected chi connectivity index (χ3v) is 3.75. The summed E-state index contributed by atoms with van der Waals surface area (Å²) in [7, 11) is 0. The van der Waals surface area contributed by atoms with E-state index in [4.69, 9.17) is 0 Å². The first kappa shape index (κ1) is 11.6. The Kier molecular flexibility index (Phi) is 3.59. The van der Waals surface area contributed by atoms with Crippen molar-refractivity contribution in [1.82, 2.24) is 9.88 Å². The molecule has 0 aromatic carbocycles. The Bertz CT molecular complexity index is 394. The predicted octanol–water partition coefficient (Wildman–Crippen LogP) is 2.13. The van der Waals surface area contributed by atoms with Crippen molar-refractivity contribution < 1.29 is 4.79 Å². The normalized spacial score (nSPS) is 20.5. The molecule has 1 fully saturated rings. The fourth-order valence-electron chi connectivity index (χ4n) is 1.99. The molecule has 2 rings (SSSR count). The summed E-state index contributed by atoms with van der Waals surface area (Å²) in [6.45, 7) is 3.53. The highest BCUT2D eigenvalue weighted by atomic mass is 79.9. The van der Waals surface area contributed by atoms with E-state index in [9.17, 15) is 4.79 Å². The number of carbonyl (C=O) groups is 1. The van der Waals surface area contributed by atoms with Gasteiger partial charge in [0.05, 0.1) is 12.2 Å². The van der Waals surface area contributed by atoms with Crippen molar-refractivity contribution in [3.8, 4) is 0 Å². The average Bonchev–Trinajstić information content (AvgIpc) is 2.60. The molecule has 1 amide bonds. The third-order valence-electron chi connectivity index (χ3n) is 2.84. The first-order chi connectivity index (χ1) is 7.69. The minimum atomic E-state index is 0.243. The van der Waals surface area contributed by atoms with Gasteiger partial charge in [0, 0.05) is 24.5 Å². The second-order valence-electron chi connectivity index (χ2n) is 4.32. The van der Waals surface area contributed by atoms with E-state index in [1.807, 2.05) is 24.0 Å². The molecule has 1 aliphatic heterocycles. The molecular weight excluding hydrogens is 268 g/mol. The van der Waals surface area contributed by atoms with E-state index >= 15 is 0 Å². The largest absolute Gasteiger partial charge is 0.336 e. The van der Waals surface area contributed by atoms with Crippen molar-refractivity contribution in [2.24, 2.45) is 5.92 Å². The zero-order chi connectivity index (χ0) is 11.5. The molecule has 0 saturated carbocycles. The monoisotopic (exact) mass is 282 g/mol. The summed E-state index contributed by atoms with van der Waals surface area (Å²) in [6, 6.07) is 4.01. The van der Waals surface area contributed by atoms with E-state index in [0.717, 1.165) is 17.6 Å². The van der Waals surface area contributed by atoms with Crippen LogP contribution in [0, 0.1) is 12.8 Å². The summed E-state index contributed by atoms with van der Waals surface area (Å²) in [5.74, 6) is 0.699. The number of aryl methyl sites for hydroxylation is 1. The zero-order valence-electron chi connectivity index (χ0n) is 9.32. The molecule has 0 radical (unpaired) electrons. The molecule has 1 saturated heterocycles. The molecule has 1 aromatic rings. The maximum atomic E-state index is 11.7. The molecule has 1 aromatic heterocycles. The van der Waals surface area contributed by atoms with E-state index in [-0.39, 0.29) is 5.91 Å². The number of halogens is 1. The van der Waals surface area contributed by atoms with Crippen molar-refractivity contribution in [1.29, 1.82) is 0 Å². The molecule has 0 spiro atoms. The van der Waals surface area contributed by atoms with Gasteiger partial charge < -0.3 is 4.90 Å². The Morgan fingerprint density at radius 2 is 2.44 bits per heavy atom. The molecule has 0 bridgehead atoms. The maximum absolute atomic E-state index is 11.7. The lowest BCUT2D eigenvalue weighted by Crippen LogP contribution is -2.25. The van der Waals surface area contributed by atoms with Gasteiger partial charge in [-0.1, -0.05) is 15.9 Å². The summed E-state index contributed by atoms with van der Waals surface area (Å²) in [4.78, 5) is 17.9. The number of aromatic nitrogens is 1. The number of pyridine rings is 1. The zero-order valence-corrected chi connectivity index (χ0v) is 10.9. The Labute approximate surface area is 104 Å². The molecule has 3 nitrogen and oxygen atoms in total. The highest BCUT2D eigenvalue weighted by molar-refractivity contribution is 9.09. The number of hydrogen-bond acceptors (Lipinski definition) is 2. The van der Waals surface area contributed by atoms with Crippen molar-refractivity contribution >= 4 is 21.8 Å². The fraction of sp³-hybridized carbons (Fsp3) is 0.500. The molecule has 16 heavy (non-hydrogen) atoms. The number of hydrogen-bond donors (Lipinski definition) is 0. The van der Waals surface area contributed by atoms with Gasteiger partial charge >= 0.3 is 0 Å². The fourth-order valence-corrected chi connectivity index (χ4v) is 2.42. The molecule has 1 unspecified atom stereocenters. The lowest BCUT2D eigenvalue weighted by molar-refractivity contribution is -0.128. The number of rotatable bonds is 3. The Morgan fingerprint density at radius 1 is 1.62 bits per heavy atom. The van der Waals surface area contributed by atoms with Crippen molar-refractivity contribution in [2.75, 3.05) is 11.9 Å². The van der Waals surface area contributed by atoms with Gasteiger partial charge in [-0.15, -0.1) is 0 Å². The number of likely N-dealkylation sites (tertiary alicyclic amines) is 1. The van der Waals surface area contributed by atoms with Crippen LogP contribution in [-0.4, -0.2) is 27.7 Å². The van der Waals surface area contributed by atoms with Crippen molar-refractivity contribution in [2.45, 2.75) is 19.9 Å². The van der Waals surface area contributed by atoms with Gasteiger partial charge in [-0.3, -0.25) is 9.78 Å². The Hall–Kier alpha value is -0.900. The van der Waals surface area contributed by atoms with Crippen molar-refractivity contribution in [3.63, 3.8) is 0 Å². The number of amides is 1. The second-order valence-corrected chi connectivity index (χ2v) is 4.97. The molecule has 86 valence electrons. The molecule has 2 heterocycles. The average molecular weight is 283 g/mol. The first-order valence-corrected chi connectivity index (χ1v) is 6.56. The summed E-state index contributed by atoms with van der Waals surface area (Å²) in [6.07, 6.45) is 2.46. The smallest absolute Gasteiger partial charge is 0.223 e. The van der Waals surface area contributed by atoms with Gasteiger partial charge in [0.15, 0.2) is 0 Å². The van der Waals surface area contributed by atoms with Crippen LogP contribution in [0.25, 0.3) is 0 Å². The maximum Gasteiger partial charge on any atom is 0.223 e. The molecule has 1 aliphatic rings. The van der Waals surface area contributed by atoms with Crippen LogP contribution >= 0.6 is 15.9 Å². The minimum Gasteiger partial charge on any atom is -0.336 e. The van der Waals surface area contributed by atoms with Crippen LogP contribution in [0.15, 0.2) is 18.3 Å². The quantitative estimate of drug-likeness (QED) is 0.796. The minimum absolute atomic E-state index is 0.243. The first-order valence-electron chi connectivity index (χ1n) is 5.44. The third kappa shape index (κ3) is 2.61. The van der Waals surface area contributed by atoms with Crippen molar-refractivity contribution in [3.05, 3.63) is 29.6 Å². The second kappa shape index (κ2) is 4.95. The van der Waals surface area contributed by atoms with Crippen LogP contribution in [0.2, 0.25) is 0 Å². The van der Waals surface area contributed by atoms with E-state index < -0.39 is 0 Å². The number of carbonyl (C=O) groups excluding carboxylic acids is 1. The predicted molar refractivity (Wildman–Crippen MR) is 66.3 cm³/mol. The lowest BCUT2D eigenvalue weighted by Gasteiger charge is -2.15. The summed E-state index contributed by atoms with van der Waals surface area (Å²) in [5, 5.41) is 0.899. The highest BCUT2D eigenvalue weighted by Crippen LogP contribution is 2.21. The van der Waals surface area contributed by atoms with Crippen LogP contribution in [0.1, 0.15) is 17.7 Å². The Morgan fingerprint density at radius 3 is 3.06 bits per heavy atom. The van der Waals surface area contributed by atoms with Gasteiger partial charge in [0.2, 0.25) is 5.91 Å². The number of alkyl halides is 1. The summed E-state index contributed by atoms with van der Waals surface area (Å²) in [5.41, 5.74) is 2.16. The van der Waals surface area contributed by atoms with Gasteiger partial charge in [0.1, 0.15) is 0 Å².